The Labute approximate surface area is 524 Å². The Hall–Kier alpha value is -4.98. The number of piperazine rings is 1. The van der Waals surface area contributed by atoms with E-state index in [4.69, 9.17) is 35.1 Å². The molecule has 5 atom stereocenters. The smallest absolute Gasteiger partial charge is 0.379 e. The molecule has 2 aliphatic carbocycles. The first kappa shape index (κ1) is 67.4. The molecule has 6 heterocycles. The van der Waals surface area contributed by atoms with Crippen LogP contribution < -0.4 is 15.6 Å². The van der Waals surface area contributed by atoms with E-state index in [0.29, 0.717) is 71.3 Å². The topological polar surface area (TPSA) is 210 Å². The number of hydrazine groups is 1. The number of carbonyl (C=O) groups is 2. The maximum atomic E-state index is 15.3. The Morgan fingerprint density at radius 3 is 2.25 bits per heavy atom. The van der Waals surface area contributed by atoms with Crippen LogP contribution in [0.3, 0.4) is 0 Å². The van der Waals surface area contributed by atoms with Gasteiger partial charge in [-0.05, 0) is 132 Å². The lowest BCUT2D eigenvalue weighted by molar-refractivity contribution is -0.378. The highest BCUT2D eigenvalue weighted by Gasteiger charge is 2.72. The van der Waals surface area contributed by atoms with Crippen molar-refractivity contribution in [1.29, 1.82) is 0 Å². The highest BCUT2D eigenvalue weighted by atomic mass is 32.1. The molecule has 0 spiro atoms. The van der Waals surface area contributed by atoms with Gasteiger partial charge in [-0.2, -0.15) is 13.2 Å². The number of hydrogen-bond acceptors (Lipinski definition) is 16. The van der Waals surface area contributed by atoms with Crippen LogP contribution in [0.15, 0.2) is 60.4 Å². The molecule has 5 unspecified atom stereocenters. The summed E-state index contributed by atoms with van der Waals surface area (Å²) < 4.78 is 46.9. The van der Waals surface area contributed by atoms with Crippen LogP contribution in [0.2, 0.25) is 0 Å². The zero-order valence-corrected chi connectivity index (χ0v) is 53.7. The third kappa shape index (κ3) is 13.5. The summed E-state index contributed by atoms with van der Waals surface area (Å²) >= 11 is 1.45. The predicted octanol–water partition coefficient (Wildman–Crippen LogP) is 7.07. The van der Waals surface area contributed by atoms with E-state index < -0.39 is 58.6 Å². The van der Waals surface area contributed by atoms with Gasteiger partial charge in [0.1, 0.15) is 25.8 Å². The largest absolute Gasteiger partial charge is 0.406 e. The highest BCUT2D eigenvalue weighted by Crippen LogP contribution is 2.52. The summed E-state index contributed by atoms with van der Waals surface area (Å²) in [5.74, 6) is -6.98. The van der Waals surface area contributed by atoms with Gasteiger partial charge in [0.15, 0.2) is 0 Å². The molecule has 9 rings (SSSR count). The number of ketones is 1. The number of hydrogen-bond donors (Lipinski definition) is 7. The first-order valence-electron chi connectivity index (χ1n) is 31.2. The van der Waals surface area contributed by atoms with Crippen molar-refractivity contribution < 1.29 is 48.3 Å². The fourth-order valence-electron chi connectivity index (χ4n) is 14.0. The van der Waals surface area contributed by atoms with Crippen molar-refractivity contribution in [1.82, 2.24) is 49.9 Å². The van der Waals surface area contributed by atoms with Crippen molar-refractivity contribution in [2.45, 2.75) is 192 Å². The molecule has 2 amide bonds. The molecule has 1 aromatic carbocycles. The van der Waals surface area contributed by atoms with Crippen LogP contribution in [-0.4, -0.2) is 199 Å². The molecule has 25 heteroatoms. The van der Waals surface area contributed by atoms with E-state index in [0.717, 1.165) is 72.6 Å². The number of amides is 2. The monoisotopic (exact) mass is 1230 g/mol. The fraction of sp³-hybridized carbons (Fsp3) is 0.651. The molecule has 6 radical (unpaired) electrons. The number of Topliss-reactive ketones (excluding diaryl/α,β-unsaturated/α-hetero) is 1. The minimum atomic E-state index is -4.80. The van der Waals surface area contributed by atoms with E-state index >= 15 is 13.2 Å². The second-order valence-electron chi connectivity index (χ2n) is 27.2. The minimum Gasteiger partial charge on any atom is -0.379 e. The Kier molecular flexibility index (Phi) is 19.3. The molecule has 4 aromatic rings. The molecule has 18 nitrogen and oxygen atoms in total. The average molecular weight is 1230 g/mol. The summed E-state index contributed by atoms with van der Waals surface area (Å²) in [7, 11) is 21.0. The number of likely N-dealkylation sites (tertiary alicyclic amines) is 1. The summed E-state index contributed by atoms with van der Waals surface area (Å²) in [6.07, 6.45) is 2.71. The van der Waals surface area contributed by atoms with Crippen molar-refractivity contribution in [2.75, 3.05) is 51.2 Å². The maximum absolute atomic E-state index is 15.3. The number of pyridine rings is 1. The molecular weight excluding hydrogens is 1140 g/mol. The second-order valence-corrected chi connectivity index (χ2v) is 28.1. The molecule has 88 heavy (non-hydrogen) atoms. The predicted molar refractivity (Wildman–Crippen MR) is 340 cm³/mol. The fourth-order valence-corrected chi connectivity index (χ4v) is 14.8. The third-order valence-electron chi connectivity index (χ3n) is 18.7. The normalized spacial score (nSPS) is 22.8. The Bertz CT molecular complexity index is 3200. The summed E-state index contributed by atoms with van der Waals surface area (Å²) in [6, 6.07) is 5.48. The van der Waals surface area contributed by atoms with Crippen LogP contribution >= 0.6 is 11.3 Å². The van der Waals surface area contributed by atoms with Crippen LogP contribution in [0.25, 0.3) is 33.4 Å². The van der Waals surface area contributed by atoms with Crippen molar-refractivity contribution in [3.05, 3.63) is 76.7 Å². The number of alkyl halides is 3. The van der Waals surface area contributed by atoms with Crippen LogP contribution in [0.1, 0.15) is 136 Å². The number of urea groups is 1. The van der Waals surface area contributed by atoms with Gasteiger partial charge in [0, 0.05) is 109 Å². The number of rotatable bonds is 24. The Morgan fingerprint density at radius 2 is 1.66 bits per heavy atom. The summed E-state index contributed by atoms with van der Waals surface area (Å²) in [5.41, 5.74) is 2.58. The summed E-state index contributed by atoms with van der Waals surface area (Å²) in [5, 5.41) is 65.4. The van der Waals surface area contributed by atoms with Crippen molar-refractivity contribution >= 4 is 63.3 Å². The molecule has 3 aliphatic heterocycles. The summed E-state index contributed by atoms with van der Waals surface area (Å²) in [6.45, 7) is 29.7. The number of carbonyl (C=O) groups excluding carboxylic acids is 2. The van der Waals surface area contributed by atoms with Crippen molar-refractivity contribution in [3.8, 4) is 22.5 Å². The van der Waals surface area contributed by atoms with Gasteiger partial charge in [0.25, 0.3) is 11.8 Å². The van der Waals surface area contributed by atoms with Crippen LogP contribution in [-0.2, 0) is 24.2 Å². The first-order valence-corrected chi connectivity index (χ1v) is 32.0. The zero-order valence-electron chi connectivity index (χ0n) is 52.9. The summed E-state index contributed by atoms with van der Waals surface area (Å²) in [4.78, 5) is 43.6. The second kappa shape index (κ2) is 25.3. The molecule has 3 saturated heterocycles. The van der Waals surface area contributed by atoms with E-state index in [-0.39, 0.29) is 76.1 Å². The number of thiazole rings is 1. The number of halogens is 3. The van der Waals surface area contributed by atoms with E-state index in [1.165, 1.54) is 37.2 Å². The Morgan fingerprint density at radius 1 is 0.966 bits per heavy atom. The molecule has 7 N–H and O–H groups in total. The van der Waals surface area contributed by atoms with E-state index in [1.54, 1.807) is 32.0 Å². The number of aromatic nitrogens is 3. The molecule has 2 saturated carbocycles. The lowest BCUT2D eigenvalue weighted by Crippen LogP contribution is -2.91. The van der Waals surface area contributed by atoms with E-state index in [9.17, 15) is 35.1 Å². The van der Waals surface area contributed by atoms with Crippen LogP contribution in [0.5, 0.6) is 0 Å². The van der Waals surface area contributed by atoms with E-state index in [2.05, 4.69) is 53.0 Å². The van der Waals surface area contributed by atoms with Crippen LogP contribution in [0.4, 0.5) is 23.7 Å². The van der Waals surface area contributed by atoms with Crippen molar-refractivity contribution in [3.63, 3.8) is 0 Å². The molecule has 5 aliphatic rings. The van der Waals surface area contributed by atoms with E-state index in [1.807, 2.05) is 43.0 Å². The van der Waals surface area contributed by atoms with Gasteiger partial charge >= 0.3 is 12.2 Å². The van der Waals surface area contributed by atoms with Gasteiger partial charge in [0.2, 0.25) is 0 Å². The number of nitrogens with one attached hydrogen (secondary N) is 2. The Balaban J connectivity index is 1.08. The quantitative estimate of drug-likeness (QED) is 0.0277. The highest BCUT2D eigenvalue weighted by molar-refractivity contribution is 7.10. The average Bonchev–Trinajstić information content (AvgIpc) is 1.14. The molecular formula is C63H89B3F3N11O7S. The third-order valence-corrected chi connectivity index (χ3v) is 19.5. The van der Waals surface area contributed by atoms with Crippen LogP contribution in [0, 0.1) is 23.2 Å². The molecule has 3 aromatic heterocycles. The van der Waals surface area contributed by atoms with Gasteiger partial charge in [-0.15, -0.1) is 11.3 Å². The molecule has 0 bridgehead atoms. The zero-order chi connectivity index (χ0) is 64.5. The first-order chi connectivity index (χ1) is 41.0. The molecule has 5 fully saturated rings. The lowest BCUT2D eigenvalue weighted by atomic mass is 9.53. The number of aliphatic hydroxyl groups is 5. The van der Waals surface area contributed by atoms with Gasteiger partial charge < -0.3 is 55.0 Å². The lowest BCUT2D eigenvalue weighted by Gasteiger charge is -2.67. The van der Waals surface area contributed by atoms with Gasteiger partial charge in [-0.25, -0.2) is 15.2 Å². The minimum absolute atomic E-state index is 0.00951. The van der Waals surface area contributed by atoms with Gasteiger partial charge in [-0.1, -0.05) is 60.8 Å². The standard InChI is InChI=1S/C63H89B3F3N11O7S/c1-13-75(57(82)74(12)40(8)43-16-17-43)32-42-22-25-76(33-42)55(37(4)5)39(7)72-50(41(9)78-24-15-14-23-71-78)28-53-73-51(34-88-53)44-18-21-52-47(26-44)49(30-58(10,11)29-38(6)81)56(77(52)35-59(67,68)69)48-27-46(31-70-54(48)36(2)3)80-62(84,85)60(64,65)79(45-19-20-45)61(66,83)63(80,86)87/h18,21,26-27,31,34,36-37,40,42-43,45,50,55,71-72,83-87H,7,9,13-17,19-20,22-25,28-30,32-33,35H2,1-6,8,10-12H3. The van der Waals surface area contributed by atoms with Gasteiger partial charge in [0.05, 0.1) is 61.7 Å². The SMILES string of the molecule is [B]C1([B])N(C2CC2)C([B])(O)C(O)(O)N(c2cnc(C(C)C)c(-c3c(CC(C)(C)CC(C)=O)c4cc(-c5csc(CC(NC(=C)C(C(C)C)N6CCC(CN(CC)C(=O)N(C)C(C)C7CC7)C6)C(=C)N6CCCCN6)n5)ccc4n3CC(F)(F)F)c2)C1(O)O. The molecule has 474 valence electrons. The van der Waals surface area contributed by atoms with Crippen molar-refractivity contribution in [2.24, 2.45) is 23.2 Å². The maximum Gasteiger partial charge on any atom is 0.406 e. The number of anilines is 1. The number of benzene rings is 1. The number of fused-ring (bicyclic) bond motifs is 1. The van der Waals surface area contributed by atoms with Gasteiger partial charge in [-0.3, -0.25) is 19.7 Å². The number of nitrogens with zero attached hydrogens (tertiary/aromatic N) is 9.